The summed E-state index contributed by atoms with van der Waals surface area (Å²) < 4.78 is 4.98. The molecule has 5 heteroatoms. The van der Waals surface area contributed by atoms with Crippen LogP contribution in [-0.4, -0.2) is 35.4 Å². The van der Waals surface area contributed by atoms with Crippen molar-refractivity contribution < 1.29 is 9.21 Å². The van der Waals surface area contributed by atoms with E-state index in [0.29, 0.717) is 11.5 Å². The molecule has 5 nitrogen and oxygen atoms in total. The number of carbonyl (C=O) groups is 1. The van der Waals surface area contributed by atoms with Crippen molar-refractivity contribution in [3.05, 3.63) is 54.1 Å². The number of likely N-dealkylation sites (tertiary alicyclic amines) is 1. The van der Waals surface area contributed by atoms with Gasteiger partial charge in [-0.2, -0.15) is 0 Å². The fourth-order valence-electron chi connectivity index (χ4n) is 3.71. The Morgan fingerprint density at radius 2 is 2.16 bits per heavy atom. The molecular weight excluding hydrogens is 314 g/mol. The lowest BCUT2D eigenvalue weighted by molar-refractivity contribution is 0.102. The SMILES string of the molecule is CCN1CCC(c2c[nH]c3ccc(NC(=O)c4ccoc4)cc23)CC1. The minimum absolute atomic E-state index is 0.151. The largest absolute Gasteiger partial charge is 0.472 e. The summed E-state index contributed by atoms with van der Waals surface area (Å²) in [5.74, 6) is 0.429. The van der Waals surface area contributed by atoms with Crippen molar-refractivity contribution in [2.75, 3.05) is 25.0 Å². The van der Waals surface area contributed by atoms with Crippen LogP contribution in [0.3, 0.4) is 0 Å². The number of amides is 1. The summed E-state index contributed by atoms with van der Waals surface area (Å²) in [4.78, 5) is 18.1. The first-order valence-corrected chi connectivity index (χ1v) is 8.91. The van der Waals surface area contributed by atoms with E-state index in [1.54, 1.807) is 6.07 Å². The van der Waals surface area contributed by atoms with E-state index in [1.165, 1.54) is 36.3 Å². The maximum atomic E-state index is 12.2. The van der Waals surface area contributed by atoms with Crippen LogP contribution in [0.5, 0.6) is 0 Å². The number of benzene rings is 1. The molecule has 4 rings (SSSR count). The molecular formula is C20H23N3O2. The highest BCUT2D eigenvalue weighted by atomic mass is 16.3. The molecule has 1 aliphatic heterocycles. The van der Waals surface area contributed by atoms with E-state index in [2.05, 4.69) is 34.4 Å². The van der Waals surface area contributed by atoms with Crippen LogP contribution in [0, 0.1) is 0 Å². The van der Waals surface area contributed by atoms with E-state index >= 15 is 0 Å². The zero-order valence-corrected chi connectivity index (χ0v) is 14.4. The van der Waals surface area contributed by atoms with Crippen molar-refractivity contribution in [2.24, 2.45) is 0 Å². The summed E-state index contributed by atoms with van der Waals surface area (Å²) >= 11 is 0. The molecule has 1 amide bonds. The smallest absolute Gasteiger partial charge is 0.258 e. The number of carbonyl (C=O) groups excluding carboxylic acids is 1. The molecule has 0 saturated carbocycles. The summed E-state index contributed by atoms with van der Waals surface area (Å²) in [5, 5.41) is 4.16. The van der Waals surface area contributed by atoms with Gasteiger partial charge in [0.05, 0.1) is 11.8 Å². The fraction of sp³-hybridized carbons (Fsp3) is 0.350. The molecule has 130 valence electrons. The summed E-state index contributed by atoms with van der Waals surface area (Å²) in [6.07, 6.45) is 7.47. The second-order valence-electron chi connectivity index (χ2n) is 6.68. The van der Waals surface area contributed by atoms with Gasteiger partial charge in [0.1, 0.15) is 6.26 Å². The second kappa shape index (κ2) is 6.76. The normalized spacial score (nSPS) is 16.4. The van der Waals surface area contributed by atoms with Gasteiger partial charge in [-0.1, -0.05) is 6.92 Å². The average Bonchev–Trinajstić information content (AvgIpc) is 3.31. The molecule has 0 atom stereocenters. The Morgan fingerprint density at radius 3 is 2.88 bits per heavy atom. The fourth-order valence-corrected chi connectivity index (χ4v) is 3.71. The third-order valence-electron chi connectivity index (χ3n) is 5.23. The van der Waals surface area contributed by atoms with E-state index in [9.17, 15) is 4.79 Å². The van der Waals surface area contributed by atoms with Gasteiger partial charge in [-0.3, -0.25) is 4.79 Å². The summed E-state index contributed by atoms with van der Waals surface area (Å²) in [5.41, 5.74) is 3.83. The lowest BCUT2D eigenvalue weighted by Gasteiger charge is -2.30. The molecule has 0 aliphatic carbocycles. The van der Waals surface area contributed by atoms with Crippen LogP contribution in [-0.2, 0) is 0 Å². The van der Waals surface area contributed by atoms with Crippen LogP contribution in [0.2, 0.25) is 0 Å². The van der Waals surface area contributed by atoms with Gasteiger partial charge in [-0.05, 0) is 68.2 Å². The lowest BCUT2D eigenvalue weighted by atomic mass is 9.89. The van der Waals surface area contributed by atoms with Gasteiger partial charge in [-0.25, -0.2) is 0 Å². The van der Waals surface area contributed by atoms with Gasteiger partial charge in [0, 0.05) is 22.8 Å². The Hall–Kier alpha value is -2.53. The van der Waals surface area contributed by atoms with Crippen molar-refractivity contribution in [1.29, 1.82) is 0 Å². The van der Waals surface area contributed by atoms with Crippen molar-refractivity contribution in [3.8, 4) is 0 Å². The minimum Gasteiger partial charge on any atom is -0.472 e. The van der Waals surface area contributed by atoms with Crippen molar-refractivity contribution >= 4 is 22.5 Å². The Kier molecular flexibility index (Phi) is 4.32. The number of fused-ring (bicyclic) bond motifs is 1. The molecule has 1 fully saturated rings. The molecule has 0 unspecified atom stereocenters. The number of hydrogen-bond acceptors (Lipinski definition) is 3. The standard InChI is InChI=1S/C20H23N3O2/c1-2-23-8-5-14(6-9-23)18-12-21-19-4-3-16(11-17(18)19)22-20(24)15-7-10-25-13-15/h3-4,7,10-14,21H,2,5-6,8-9H2,1H3,(H,22,24). The van der Waals surface area contributed by atoms with E-state index in [0.717, 1.165) is 30.8 Å². The number of piperidine rings is 1. The van der Waals surface area contributed by atoms with Crippen LogP contribution in [0.15, 0.2) is 47.4 Å². The van der Waals surface area contributed by atoms with Gasteiger partial charge in [0.2, 0.25) is 0 Å². The molecule has 1 saturated heterocycles. The summed E-state index contributed by atoms with van der Waals surface area (Å²) in [7, 11) is 0. The quantitative estimate of drug-likeness (QED) is 0.749. The molecule has 3 heterocycles. The molecule has 1 aromatic carbocycles. The highest BCUT2D eigenvalue weighted by Gasteiger charge is 2.22. The van der Waals surface area contributed by atoms with Crippen LogP contribution < -0.4 is 5.32 Å². The van der Waals surface area contributed by atoms with Crippen molar-refractivity contribution in [1.82, 2.24) is 9.88 Å². The Bertz CT molecular complexity index is 858. The zero-order chi connectivity index (χ0) is 17.2. The number of nitrogens with one attached hydrogen (secondary N) is 2. The Balaban J connectivity index is 1.56. The summed E-state index contributed by atoms with van der Waals surface area (Å²) in [6.45, 7) is 5.67. The maximum absolute atomic E-state index is 12.2. The first-order chi connectivity index (χ1) is 12.2. The molecule has 1 aliphatic rings. The zero-order valence-electron chi connectivity index (χ0n) is 14.4. The second-order valence-corrected chi connectivity index (χ2v) is 6.68. The third kappa shape index (κ3) is 3.20. The molecule has 2 aromatic heterocycles. The van der Waals surface area contributed by atoms with E-state index < -0.39 is 0 Å². The number of furan rings is 1. The molecule has 2 N–H and O–H groups in total. The highest BCUT2D eigenvalue weighted by molar-refractivity contribution is 6.05. The topological polar surface area (TPSA) is 61.3 Å². The monoisotopic (exact) mass is 337 g/mol. The Morgan fingerprint density at radius 1 is 1.32 bits per heavy atom. The molecule has 3 aromatic rings. The maximum Gasteiger partial charge on any atom is 0.258 e. The highest BCUT2D eigenvalue weighted by Crippen LogP contribution is 2.34. The molecule has 25 heavy (non-hydrogen) atoms. The van der Waals surface area contributed by atoms with Crippen LogP contribution in [0.1, 0.15) is 41.6 Å². The van der Waals surface area contributed by atoms with E-state index in [-0.39, 0.29) is 5.91 Å². The first kappa shape index (κ1) is 16.0. The number of anilines is 1. The molecule has 0 bridgehead atoms. The van der Waals surface area contributed by atoms with Crippen LogP contribution in [0.4, 0.5) is 5.69 Å². The van der Waals surface area contributed by atoms with Crippen LogP contribution in [0.25, 0.3) is 10.9 Å². The van der Waals surface area contributed by atoms with E-state index in [1.807, 2.05) is 12.1 Å². The van der Waals surface area contributed by atoms with Crippen molar-refractivity contribution in [2.45, 2.75) is 25.7 Å². The average molecular weight is 337 g/mol. The number of nitrogens with zero attached hydrogens (tertiary/aromatic N) is 1. The van der Waals surface area contributed by atoms with Gasteiger partial charge in [-0.15, -0.1) is 0 Å². The molecule has 0 radical (unpaired) electrons. The number of hydrogen-bond donors (Lipinski definition) is 2. The minimum atomic E-state index is -0.151. The van der Waals surface area contributed by atoms with Gasteiger partial charge >= 0.3 is 0 Å². The van der Waals surface area contributed by atoms with Gasteiger partial charge in [0.25, 0.3) is 5.91 Å². The number of aromatic amines is 1. The number of rotatable bonds is 4. The van der Waals surface area contributed by atoms with Crippen LogP contribution >= 0.6 is 0 Å². The molecule has 0 spiro atoms. The first-order valence-electron chi connectivity index (χ1n) is 8.91. The van der Waals surface area contributed by atoms with Gasteiger partial charge < -0.3 is 19.6 Å². The van der Waals surface area contributed by atoms with E-state index in [4.69, 9.17) is 4.42 Å². The third-order valence-corrected chi connectivity index (χ3v) is 5.23. The van der Waals surface area contributed by atoms with Gasteiger partial charge in [0.15, 0.2) is 0 Å². The van der Waals surface area contributed by atoms with Crippen molar-refractivity contribution in [3.63, 3.8) is 0 Å². The summed E-state index contributed by atoms with van der Waals surface area (Å²) in [6, 6.07) is 7.70. The predicted molar refractivity (Wildman–Crippen MR) is 99.0 cm³/mol. The predicted octanol–water partition coefficient (Wildman–Crippen LogP) is 4.21. The Labute approximate surface area is 147 Å². The lowest BCUT2D eigenvalue weighted by Crippen LogP contribution is -2.32. The number of aromatic nitrogens is 1. The number of H-pyrrole nitrogens is 1.